The molecular weight excluding hydrogens is 330 g/mol. The Balaban J connectivity index is 1.60. The second-order valence-electron chi connectivity index (χ2n) is 6.76. The highest BCUT2D eigenvalue weighted by molar-refractivity contribution is 6.30. The fourth-order valence-corrected chi connectivity index (χ4v) is 4.15. The summed E-state index contributed by atoms with van der Waals surface area (Å²) < 4.78 is 0. The van der Waals surface area contributed by atoms with Crippen LogP contribution >= 0.6 is 11.6 Å². The molecule has 0 saturated carbocycles. The van der Waals surface area contributed by atoms with E-state index in [0.717, 1.165) is 12.1 Å². The molecule has 3 fully saturated rings. The van der Waals surface area contributed by atoms with Crippen LogP contribution in [-0.4, -0.2) is 52.3 Å². The molecule has 126 valence electrons. The van der Waals surface area contributed by atoms with Gasteiger partial charge in [-0.1, -0.05) is 11.6 Å². The van der Waals surface area contributed by atoms with Crippen LogP contribution in [0.3, 0.4) is 0 Å². The third kappa shape index (κ3) is 1.99. The van der Waals surface area contributed by atoms with Gasteiger partial charge < -0.3 is 9.80 Å². The van der Waals surface area contributed by atoms with E-state index in [-0.39, 0.29) is 17.8 Å². The minimum atomic E-state index is -0.773. The molecule has 0 N–H and O–H groups in total. The molecule has 1 aromatic rings. The molecule has 1 unspecified atom stereocenters. The third-order valence-electron chi connectivity index (χ3n) is 5.38. The Kier molecular flexibility index (Phi) is 3.35. The van der Waals surface area contributed by atoms with Gasteiger partial charge in [-0.3, -0.25) is 9.59 Å². The molecule has 0 aliphatic carbocycles. The van der Waals surface area contributed by atoms with Crippen LogP contribution < -0.4 is 4.90 Å². The van der Waals surface area contributed by atoms with E-state index < -0.39 is 11.6 Å². The smallest absolute Gasteiger partial charge is 0.311 e. The van der Waals surface area contributed by atoms with Crippen molar-refractivity contribution in [3.8, 4) is 0 Å². The number of carbonyl (C=O) groups is 3. The first-order chi connectivity index (χ1) is 11.4. The molecule has 3 aliphatic rings. The fraction of sp³-hybridized carbons (Fsp3) is 0.471. The van der Waals surface area contributed by atoms with Crippen LogP contribution in [-0.2, 0) is 9.59 Å². The summed E-state index contributed by atoms with van der Waals surface area (Å²) in [6, 6.07) is 5.96. The van der Waals surface area contributed by atoms with E-state index >= 15 is 0 Å². The molecular formula is C17H18ClN3O3. The second-order valence-corrected chi connectivity index (χ2v) is 7.19. The van der Waals surface area contributed by atoms with Gasteiger partial charge in [0, 0.05) is 23.8 Å². The van der Waals surface area contributed by atoms with Crippen LogP contribution in [0.15, 0.2) is 24.3 Å². The van der Waals surface area contributed by atoms with E-state index in [0.29, 0.717) is 31.0 Å². The summed E-state index contributed by atoms with van der Waals surface area (Å²) in [6.45, 7) is 2.87. The number of halogens is 1. The zero-order valence-electron chi connectivity index (χ0n) is 13.4. The lowest BCUT2D eigenvalue weighted by Crippen LogP contribution is -2.47. The number of nitrogens with zero attached hydrogens (tertiary/aromatic N) is 3. The summed E-state index contributed by atoms with van der Waals surface area (Å²) in [5.74, 6) is -0.440. The number of imide groups is 1. The van der Waals surface area contributed by atoms with Gasteiger partial charge in [-0.05, 0) is 50.5 Å². The number of anilines is 1. The molecule has 0 radical (unpaired) electrons. The summed E-state index contributed by atoms with van der Waals surface area (Å²) in [5.41, 5.74) is -0.0388. The topological polar surface area (TPSA) is 60.9 Å². The molecule has 0 spiro atoms. The molecule has 3 aliphatic heterocycles. The highest BCUT2D eigenvalue weighted by atomic mass is 35.5. The van der Waals surface area contributed by atoms with Gasteiger partial charge in [0.2, 0.25) is 5.91 Å². The van der Waals surface area contributed by atoms with Crippen LogP contribution in [0.5, 0.6) is 0 Å². The highest BCUT2D eigenvalue weighted by Crippen LogP contribution is 2.40. The summed E-state index contributed by atoms with van der Waals surface area (Å²) >= 11 is 5.89. The van der Waals surface area contributed by atoms with E-state index in [2.05, 4.69) is 0 Å². The van der Waals surface area contributed by atoms with Crippen molar-refractivity contribution in [2.45, 2.75) is 37.8 Å². The van der Waals surface area contributed by atoms with Crippen molar-refractivity contribution < 1.29 is 14.4 Å². The van der Waals surface area contributed by atoms with Crippen molar-refractivity contribution in [2.75, 3.05) is 18.0 Å². The number of hydrogen-bond donors (Lipinski definition) is 0. The molecule has 4 rings (SSSR count). The van der Waals surface area contributed by atoms with Crippen LogP contribution in [0.2, 0.25) is 5.02 Å². The second kappa shape index (κ2) is 5.21. The molecule has 0 aromatic heterocycles. The van der Waals surface area contributed by atoms with Crippen LogP contribution in [0.1, 0.15) is 26.2 Å². The number of carbonyl (C=O) groups excluding carboxylic acids is 3. The first-order valence-corrected chi connectivity index (χ1v) is 8.53. The molecule has 0 bridgehead atoms. The standard InChI is InChI=1S/C17H18ClN3O3/c1-17-8-2-9-20(17)16(24)21(15(17)23)13-7-10-19(14(13)22)12-5-3-11(18)4-6-12/h3-6,13H,2,7-10H2,1H3/t13?,17-/m0/s1. The van der Waals surface area contributed by atoms with Crippen molar-refractivity contribution in [2.24, 2.45) is 0 Å². The Hall–Kier alpha value is -2.08. The molecule has 3 heterocycles. The van der Waals surface area contributed by atoms with E-state index in [1.807, 2.05) is 0 Å². The zero-order chi connectivity index (χ0) is 17.1. The Labute approximate surface area is 144 Å². The lowest BCUT2D eigenvalue weighted by molar-refractivity contribution is -0.136. The number of hydrogen-bond acceptors (Lipinski definition) is 3. The molecule has 1 aromatic carbocycles. The van der Waals surface area contributed by atoms with Crippen LogP contribution in [0.25, 0.3) is 0 Å². The van der Waals surface area contributed by atoms with Gasteiger partial charge in [0.25, 0.3) is 5.91 Å². The number of fused-ring (bicyclic) bond motifs is 1. The number of rotatable bonds is 2. The minimum absolute atomic E-state index is 0.205. The maximum atomic E-state index is 12.8. The van der Waals surface area contributed by atoms with Crippen LogP contribution in [0.4, 0.5) is 10.5 Å². The number of amides is 4. The highest BCUT2D eigenvalue weighted by Gasteiger charge is 2.59. The Morgan fingerprint density at radius 1 is 1.12 bits per heavy atom. The van der Waals surface area contributed by atoms with Crippen molar-refractivity contribution in [3.05, 3.63) is 29.3 Å². The van der Waals surface area contributed by atoms with E-state index in [4.69, 9.17) is 11.6 Å². The van der Waals surface area contributed by atoms with Gasteiger partial charge in [-0.2, -0.15) is 0 Å². The number of urea groups is 1. The largest absolute Gasteiger partial charge is 0.328 e. The van der Waals surface area contributed by atoms with Gasteiger partial charge in [-0.15, -0.1) is 0 Å². The van der Waals surface area contributed by atoms with Gasteiger partial charge in [0.15, 0.2) is 0 Å². The van der Waals surface area contributed by atoms with Gasteiger partial charge in [0.05, 0.1) is 0 Å². The fourth-order valence-electron chi connectivity index (χ4n) is 4.03. The molecule has 3 saturated heterocycles. The molecule has 2 atom stereocenters. The molecule has 24 heavy (non-hydrogen) atoms. The first kappa shape index (κ1) is 15.4. The summed E-state index contributed by atoms with van der Waals surface area (Å²) in [7, 11) is 0. The first-order valence-electron chi connectivity index (χ1n) is 8.16. The van der Waals surface area contributed by atoms with Gasteiger partial charge in [-0.25, -0.2) is 9.69 Å². The predicted octanol–water partition coefficient (Wildman–Crippen LogP) is 2.26. The summed E-state index contributed by atoms with van der Waals surface area (Å²) in [4.78, 5) is 42.7. The average molecular weight is 348 g/mol. The maximum absolute atomic E-state index is 12.8. The van der Waals surface area contributed by atoms with Crippen molar-refractivity contribution in [3.63, 3.8) is 0 Å². The van der Waals surface area contributed by atoms with Crippen LogP contribution in [0, 0.1) is 0 Å². The quantitative estimate of drug-likeness (QED) is 0.771. The molecule has 7 heteroatoms. The lowest BCUT2D eigenvalue weighted by Gasteiger charge is -2.23. The van der Waals surface area contributed by atoms with E-state index in [9.17, 15) is 14.4 Å². The van der Waals surface area contributed by atoms with Gasteiger partial charge in [0.1, 0.15) is 11.6 Å². The molecule has 4 amide bonds. The average Bonchev–Trinajstić information content (AvgIpc) is 3.17. The Morgan fingerprint density at radius 2 is 1.83 bits per heavy atom. The van der Waals surface area contributed by atoms with E-state index in [1.165, 1.54) is 4.90 Å². The third-order valence-corrected chi connectivity index (χ3v) is 5.64. The summed E-state index contributed by atoms with van der Waals surface area (Å²) in [5, 5.41) is 0.598. The Bertz CT molecular complexity index is 735. The normalized spacial score (nSPS) is 29.8. The zero-order valence-corrected chi connectivity index (χ0v) is 14.1. The SMILES string of the molecule is C[C@@]12CCCN1C(=O)N(C1CCN(c3ccc(Cl)cc3)C1=O)C2=O. The lowest BCUT2D eigenvalue weighted by atomic mass is 9.99. The number of benzene rings is 1. The Morgan fingerprint density at radius 3 is 2.50 bits per heavy atom. The van der Waals surface area contributed by atoms with Crippen molar-refractivity contribution >= 4 is 35.1 Å². The maximum Gasteiger partial charge on any atom is 0.328 e. The summed E-state index contributed by atoms with van der Waals surface area (Å²) in [6.07, 6.45) is 1.95. The van der Waals surface area contributed by atoms with Crippen molar-refractivity contribution in [1.29, 1.82) is 0 Å². The van der Waals surface area contributed by atoms with Crippen molar-refractivity contribution in [1.82, 2.24) is 9.80 Å². The molecule has 6 nitrogen and oxygen atoms in total. The van der Waals surface area contributed by atoms with E-state index in [1.54, 1.807) is 41.0 Å². The predicted molar refractivity (Wildman–Crippen MR) is 88.8 cm³/mol. The minimum Gasteiger partial charge on any atom is -0.311 e. The van der Waals surface area contributed by atoms with Gasteiger partial charge >= 0.3 is 6.03 Å². The monoisotopic (exact) mass is 347 g/mol.